The summed E-state index contributed by atoms with van der Waals surface area (Å²) in [4.78, 5) is 0.242. The third-order valence-electron chi connectivity index (χ3n) is 3.67. The summed E-state index contributed by atoms with van der Waals surface area (Å²) >= 11 is 0. The lowest BCUT2D eigenvalue weighted by atomic mass is 10.2. The molecule has 0 radical (unpaired) electrons. The van der Waals surface area contributed by atoms with Crippen molar-refractivity contribution in [1.82, 2.24) is 0 Å². The van der Waals surface area contributed by atoms with Crippen LogP contribution >= 0.6 is 0 Å². The molecule has 1 aliphatic rings. The van der Waals surface area contributed by atoms with Gasteiger partial charge in [0.2, 0.25) is 0 Å². The topological polar surface area (TPSA) is 46.6 Å². The average Bonchev–Trinajstić information content (AvgIpc) is 2.60. The monoisotopic (exact) mass is 323 g/mol. The summed E-state index contributed by atoms with van der Waals surface area (Å²) in [6, 6.07) is 22.6. The minimum Gasteiger partial charge on any atom is -0.453 e. The number of anilines is 2. The highest BCUT2D eigenvalue weighted by molar-refractivity contribution is 7.93. The van der Waals surface area contributed by atoms with E-state index in [1.54, 1.807) is 66.7 Å². The third kappa shape index (κ3) is 2.17. The van der Waals surface area contributed by atoms with Crippen LogP contribution in [0.25, 0.3) is 0 Å². The molecule has 0 amide bonds. The zero-order valence-corrected chi connectivity index (χ0v) is 12.9. The van der Waals surface area contributed by atoms with Gasteiger partial charge in [-0.05, 0) is 36.4 Å². The first-order valence-corrected chi connectivity index (χ1v) is 8.58. The van der Waals surface area contributed by atoms with E-state index < -0.39 is 10.0 Å². The van der Waals surface area contributed by atoms with Gasteiger partial charge in [-0.25, -0.2) is 12.7 Å². The SMILES string of the molecule is O=S(=O)(c1ccccc1)N1c2ccccc2Oc2ccccc21. The molecule has 114 valence electrons. The Morgan fingerprint density at radius 3 is 1.70 bits per heavy atom. The zero-order valence-electron chi connectivity index (χ0n) is 12.1. The van der Waals surface area contributed by atoms with Gasteiger partial charge in [0, 0.05) is 0 Å². The van der Waals surface area contributed by atoms with Gasteiger partial charge in [-0.2, -0.15) is 0 Å². The van der Waals surface area contributed by atoms with Crippen molar-refractivity contribution in [2.24, 2.45) is 0 Å². The summed E-state index contributed by atoms with van der Waals surface area (Å²) in [5, 5.41) is 0. The number of hydrogen-bond acceptors (Lipinski definition) is 3. The number of rotatable bonds is 2. The van der Waals surface area contributed by atoms with Gasteiger partial charge >= 0.3 is 0 Å². The van der Waals surface area contributed by atoms with E-state index in [9.17, 15) is 8.42 Å². The average molecular weight is 323 g/mol. The van der Waals surface area contributed by atoms with Crippen LogP contribution in [0.3, 0.4) is 0 Å². The van der Waals surface area contributed by atoms with Gasteiger partial charge in [0.25, 0.3) is 10.0 Å². The van der Waals surface area contributed by atoms with Gasteiger partial charge in [0.05, 0.1) is 4.90 Å². The first kappa shape index (κ1) is 13.8. The van der Waals surface area contributed by atoms with Crippen LogP contribution in [0.15, 0.2) is 83.8 Å². The lowest BCUT2D eigenvalue weighted by molar-refractivity contribution is 0.476. The molecule has 0 unspecified atom stereocenters. The van der Waals surface area contributed by atoms with Crippen molar-refractivity contribution in [3.63, 3.8) is 0 Å². The fourth-order valence-electron chi connectivity index (χ4n) is 2.63. The Kier molecular flexibility index (Phi) is 3.09. The minimum absolute atomic E-state index is 0.242. The molecule has 0 aromatic heterocycles. The Hall–Kier alpha value is -2.79. The largest absolute Gasteiger partial charge is 0.453 e. The predicted molar refractivity (Wildman–Crippen MR) is 88.7 cm³/mol. The molecular formula is C18H13NO3S. The van der Waals surface area contributed by atoms with Crippen LogP contribution in [0, 0.1) is 0 Å². The lowest BCUT2D eigenvalue weighted by Crippen LogP contribution is -2.28. The lowest BCUT2D eigenvalue weighted by Gasteiger charge is -2.31. The molecule has 0 saturated carbocycles. The number of para-hydroxylation sites is 4. The quantitative estimate of drug-likeness (QED) is 0.705. The van der Waals surface area contributed by atoms with Crippen LogP contribution in [0.5, 0.6) is 11.5 Å². The number of fused-ring (bicyclic) bond motifs is 2. The molecule has 1 aliphatic heterocycles. The van der Waals surface area contributed by atoms with Crippen molar-refractivity contribution in [2.75, 3.05) is 4.31 Å². The Morgan fingerprint density at radius 1 is 0.652 bits per heavy atom. The van der Waals surface area contributed by atoms with E-state index in [1.807, 2.05) is 12.1 Å². The van der Waals surface area contributed by atoms with E-state index in [0.717, 1.165) is 0 Å². The van der Waals surface area contributed by atoms with Gasteiger partial charge in [-0.3, -0.25) is 0 Å². The van der Waals surface area contributed by atoms with Crippen molar-refractivity contribution in [1.29, 1.82) is 0 Å². The highest BCUT2D eigenvalue weighted by atomic mass is 32.2. The Balaban J connectivity index is 1.99. The van der Waals surface area contributed by atoms with Crippen molar-refractivity contribution in [2.45, 2.75) is 4.90 Å². The molecule has 3 aromatic rings. The maximum absolute atomic E-state index is 13.2. The molecule has 0 spiro atoms. The van der Waals surface area contributed by atoms with Crippen LogP contribution < -0.4 is 9.04 Å². The van der Waals surface area contributed by atoms with E-state index in [-0.39, 0.29) is 4.90 Å². The molecular weight excluding hydrogens is 310 g/mol. The Bertz CT molecular complexity index is 923. The van der Waals surface area contributed by atoms with Gasteiger partial charge in [-0.1, -0.05) is 42.5 Å². The number of ether oxygens (including phenoxy) is 1. The minimum atomic E-state index is -3.74. The summed E-state index contributed by atoms with van der Waals surface area (Å²) in [6.45, 7) is 0. The second-order valence-corrected chi connectivity index (χ2v) is 6.91. The smallest absolute Gasteiger partial charge is 0.268 e. The second kappa shape index (κ2) is 5.14. The molecule has 3 aromatic carbocycles. The predicted octanol–water partition coefficient (Wildman–Crippen LogP) is 4.32. The van der Waals surface area contributed by atoms with E-state index in [2.05, 4.69) is 0 Å². The van der Waals surface area contributed by atoms with E-state index in [4.69, 9.17) is 4.74 Å². The first-order chi connectivity index (χ1) is 11.2. The summed E-state index contributed by atoms with van der Waals surface area (Å²) in [6.07, 6.45) is 0. The standard InChI is InChI=1S/C18H13NO3S/c20-23(21,14-8-2-1-3-9-14)19-15-10-4-6-12-17(15)22-18-13-7-5-11-16(18)19/h1-13H. The van der Waals surface area contributed by atoms with Crippen LogP contribution in [0.1, 0.15) is 0 Å². The molecule has 4 nitrogen and oxygen atoms in total. The molecule has 5 heteroatoms. The van der Waals surface area contributed by atoms with E-state index in [0.29, 0.717) is 22.9 Å². The van der Waals surface area contributed by atoms with Crippen molar-refractivity contribution in [3.05, 3.63) is 78.9 Å². The normalized spacial score (nSPS) is 13.0. The van der Waals surface area contributed by atoms with Gasteiger partial charge in [-0.15, -0.1) is 0 Å². The third-order valence-corrected chi connectivity index (χ3v) is 5.41. The van der Waals surface area contributed by atoms with E-state index in [1.165, 1.54) is 4.31 Å². The van der Waals surface area contributed by atoms with Crippen LogP contribution in [0.4, 0.5) is 11.4 Å². The Labute approximate surface area is 134 Å². The van der Waals surface area contributed by atoms with Crippen LogP contribution in [0.2, 0.25) is 0 Å². The number of benzene rings is 3. The van der Waals surface area contributed by atoms with Crippen molar-refractivity contribution < 1.29 is 13.2 Å². The fourth-order valence-corrected chi connectivity index (χ4v) is 4.16. The number of sulfonamides is 1. The molecule has 1 heterocycles. The fraction of sp³-hybridized carbons (Fsp3) is 0. The van der Waals surface area contributed by atoms with Crippen LogP contribution in [-0.2, 0) is 10.0 Å². The molecule has 0 bridgehead atoms. The van der Waals surface area contributed by atoms with Gasteiger partial charge in [0.15, 0.2) is 11.5 Å². The molecule has 23 heavy (non-hydrogen) atoms. The van der Waals surface area contributed by atoms with Crippen molar-refractivity contribution in [3.8, 4) is 11.5 Å². The van der Waals surface area contributed by atoms with E-state index >= 15 is 0 Å². The molecule has 0 fully saturated rings. The molecule has 0 atom stereocenters. The van der Waals surface area contributed by atoms with Crippen molar-refractivity contribution >= 4 is 21.4 Å². The number of nitrogens with zero attached hydrogens (tertiary/aromatic N) is 1. The number of hydrogen-bond donors (Lipinski definition) is 0. The van der Waals surface area contributed by atoms with Gasteiger partial charge < -0.3 is 4.74 Å². The molecule has 4 rings (SSSR count). The molecule has 0 aliphatic carbocycles. The summed E-state index contributed by atoms with van der Waals surface area (Å²) in [5.74, 6) is 1.04. The summed E-state index contributed by atoms with van der Waals surface area (Å²) in [5.41, 5.74) is 1.02. The summed E-state index contributed by atoms with van der Waals surface area (Å²) < 4.78 is 33.5. The van der Waals surface area contributed by atoms with Crippen LogP contribution in [-0.4, -0.2) is 8.42 Å². The zero-order chi connectivity index (χ0) is 15.9. The highest BCUT2D eigenvalue weighted by Gasteiger charge is 2.33. The Morgan fingerprint density at radius 2 is 1.13 bits per heavy atom. The highest BCUT2D eigenvalue weighted by Crippen LogP contribution is 2.48. The first-order valence-electron chi connectivity index (χ1n) is 7.14. The van der Waals surface area contributed by atoms with Gasteiger partial charge in [0.1, 0.15) is 11.4 Å². The summed E-state index contributed by atoms with van der Waals surface area (Å²) in [7, 11) is -3.74. The molecule has 0 saturated heterocycles. The maximum Gasteiger partial charge on any atom is 0.268 e. The molecule has 0 N–H and O–H groups in total. The second-order valence-electron chi connectivity index (χ2n) is 5.12. The maximum atomic E-state index is 13.2.